The second kappa shape index (κ2) is 8.78. The molecular weight excluding hydrogens is 453 g/mol. The number of carbonyl (C=O) groups is 5. The summed E-state index contributed by atoms with van der Waals surface area (Å²) in [6.45, 7) is 0.228. The molecule has 4 amide bonds. The van der Waals surface area contributed by atoms with Crippen LogP contribution in [0.2, 0.25) is 0 Å². The zero-order valence-corrected chi connectivity index (χ0v) is 16.5. The molecule has 1 unspecified atom stereocenters. The number of nitrogens with two attached hydrogens (primary N) is 1. The van der Waals surface area contributed by atoms with Gasteiger partial charge in [-0.2, -0.15) is 13.2 Å². The predicted molar refractivity (Wildman–Crippen MR) is 99.6 cm³/mol. The summed E-state index contributed by atoms with van der Waals surface area (Å²) < 4.78 is 33.2. The van der Waals surface area contributed by atoms with E-state index in [4.69, 9.17) is 15.6 Å². The monoisotopic (exact) mass is 468 g/mol. The molecule has 4 N–H and O–H groups in total. The summed E-state index contributed by atoms with van der Waals surface area (Å²) in [6, 6.07) is 3.68. The molecule has 1 atom stereocenters. The van der Waals surface area contributed by atoms with Gasteiger partial charge in [-0.05, 0) is 24.6 Å². The number of nitrogens with one attached hydrogen (secondary N) is 1. The molecule has 1 saturated heterocycles. The first kappa shape index (κ1) is 23.5. The number of hydrogen-bond donors (Lipinski definition) is 3. The quantitative estimate of drug-likeness (QED) is 0.513. The summed E-state index contributed by atoms with van der Waals surface area (Å²) >= 11 is 0. The van der Waals surface area contributed by atoms with E-state index < -0.39 is 41.8 Å². The fourth-order valence-electron chi connectivity index (χ4n) is 3.12. The Morgan fingerprint density at radius 3 is 2.36 bits per heavy atom. The lowest BCUT2D eigenvalue weighted by molar-refractivity contribution is -0.192. The third-order valence-electron chi connectivity index (χ3n) is 4.68. The molecule has 1 aromatic heterocycles. The average Bonchev–Trinajstić information content (AvgIpc) is 3.32. The molecule has 0 aliphatic carbocycles. The zero-order valence-electron chi connectivity index (χ0n) is 16.5. The first-order valence-electron chi connectivity index (χ1n) is 9.21. The molecule has 2 aliphatic rings. The van der Waals surface area contributed by atoms with E-state index in [0.717, 1.165) is 4.90 Å². The third-order valence-corrected chi connectivity index (χ3v) is 4.68. The van der Waals surface area contributed by atoms with Gasteiger partial charge in [0.2, 0.25) is 11.8 Å². The number of nitrogens with zero attached hydrogens (tertiary/aromatic N) is 4. The summed E-state index contributed by atoms with van der Waals surface area (Å²) in [7, 11) is 0. The smallest absolute Gasteiger partial charge is 0.475 e. The minimum absolute atomic E-state index is 0.0793. The van der Waals surface area contributed by atoms with E-state index in [1.165, 1.54) is 16.8 Å². The van der Waals surface area contributed by atoms with Crippen LogP contribution in [0.25, 0.3) is 5.69 Å². The molecule has 3 heterocycles. The number of halogens is 3. The lowest BCUT2D eigenvalue weighted by Crippen LogP contribution is -2.54. The summed E-state index contributed by atoms with van der Waals surface area (Å²) in [6.07, 6.45) is -3.26. The van der Waals surface area contributed by atoms with Crippen molar-refractivity contribution in [2.75, 3.05) is 0 Å². The fourth-order valence-corrected chi connectivity index (χ4v) is 3.12. The van der Waals surface area contributed by atoms with Crippen molar-refractivity contribution in [2.24, 2.45) is 5.73 Å². The van der Waals surface area contributed by atoms with E-state index in [0.29, 0.717) is 11.4 Å². The molecule has 15 heteroatoms. The van der Waals surface area contributed by atoms with Gasteiger partial charge >= 0.3 is 12.1 Å². The van der Waals surface area contributed by atoms with Crippen LogP contribution in [-0.4, -0.2) is 66.8 Å². The van der Waals surface area contributed by atoms with Gasteiger partial charge in [0.05, 0.1) is 28.7 Å². The molecule has 0 bridgehead atoms. The van der Waals surface area contributed by atoms with Crippen molar-refractivity contribution in [3.05, 3.63) is 41.2 Å². The summed E-state index contributed by atoms with van der Waals surface area (Å²) in [4.78, 5) is 58.5. The van der Waals surface area contributed by atoms with Gasteiger partial charge in [0.25, 0.3) is 11.8 Å². The van der Waals surface area contributed by atoms with Gasteiger partial charge in [0.1, 0.15) is 6.04 Å². The molecule has 1 aromatic carbocycles. The highest BCUT2D eigenvalue weighted by Crippen LogP contribution is 2.29. The second-order valence-corrected chi connectivity index (χ2v) is 6.84. The van der Waals surface area contributed by atoms with Crippen molar-refractivity contribution in [2.45, 2.75) is 31.6 Å². The predicted octanol–water partition coefficient (Wildman–Crippen LogP) is -0.240. The molecule has 0 saturated carbocycles. The molecule has 2 aliphatic heterocycles. The summed E-state index contributed by atoms with van der Waals surface area (Å²) in [5.74, 6) is -4.92. The molecular formula is C18H15F3N6O6. The number of piperidine rings is 1. The summed E-state index contributed by atoms with van der Waals surface area (Å²) in [5.41, 5.74) is 7.03. The lowest BCUT2D eigenvalue weighted by Gasteiger charge is -2.27. The normalized spacial score (nSPS) is 17.9. The van der Waals surface area contributed by atoms with Crippen molar-refractivity contribution < 1.29 is 42.3 Å². The summed E-state index contributed by atoms with van der Waals surface area (Å²) in [5, 5.41) is 17.1. The standard InChI is InChI=1S/C16H14N6O4.C2HF3O2/c17-6-8-7-21(20-19-8)9-1-2-10-11(5-9)16(26)22(15(10)25)12-3-4-13(23)18-14(12)24;3-2(4,5)1(6)7/h1-2,5,7,12H,3-4,6,17H2,(H,18,23,24);(H,6,7). The molecule has 1 fully saturated rings. The zero-order chi connectivity index (χ0) is 24.5. The SMILES string of the molecule is NCc1cn(-c2ccc3c(c2)C(=O)N(C2CCC(=O)NC2=O)C3=O)nn1.O=C(O)C(F)(F)F. The number of aromatic nitrogens is 3. The number of fused-ring (bicyclic) bond motifs is 1. The van der Waals surface area contributed by atoms with Crippen molar-refractivity contribution in [3.63, 3.8) is 0 Å². The fraction of sp³-hybridized carbons (Fsp3) is 0.278. The largest absolute Gasteiger partial charge is 0.490 e. The maximum atomic E-state index is 12.8. The van der Waals surface area contributed by atoms with Gasteiger partial charge < -0.3 is 10.8 Å². The van der Waals surface area contributed by atoms with E-state index in [1.54, 1.807) is 12.3 Å². The Labute approximate surface area is 182 Å². The highest BCUT2D eigenvalue weighted by molar-refractivity contribution is 6.23. The number of rotatable bonds is 3. The highest BCUT2D eigenvalue weighted by Gasteiger charge is 2.44. The number of imide groups is 2. The first-order chi connectivity index (χ1) is 15.4. The number of carboxylic acid groups (broad SMARTS) is 1. The van der Waals surface area contributed by atoms with Crippen LogP contribution in [0.15, 0.2) is 24.4 Å². The maximum absolute atomic E-state index is 12.8. The van der Waals surface area contributed by atoms with E-state index in [1.807, 2.05) is 0 Å². The third kappa shape index (κ3) is 4.72. The van der Waals surface area contributed by atoms with Gasteiger partial charge in [-0.3, -0.25) is 29.4 Å². The number of alkyl halides is 3. The molecule has 4 rings (SSSR count). The minimum atomic E-state index is -5.08. The number of hydrogen-bond acceptors (Lipinski definition) is 8. The number of amides is 4. The van der Waals surface area contributed by atoms with E-state index >= 15 is 0 Å². The van der Waals surface area contributed by atoms with Gasteiger partial charge in [0, 0.05) is 13.0 Å². The van der Waals surface area contributed by atoms with Crippen LogP contribution in [-0.2, 0) is 20.9 Å². The molecule has 174 valence electrons. The number of carboxylic acids is 1. The van der Waals surface area contributed by atoms with Crippen LogP contribution in [0.5, 0.6) is 0 Å². The molecule has 33 heavy (non-hydrogen) atoms. The topological polar surface area (TPSA) is 178 Å². The van der Waals surface area contributed by atoms with Crippen LogP contribution < -0.4 is 11.1 Å². The Kier molecular flexibility index (Phi) is 6.25. The van der Waals surface area contributed by atoms with Gasteiger partial charge in [-0.25, -0.2) is 9.48 Å². The molecule has 2 aromatic rings. The Hall–Kier alpha value is -4.14. The van der Waals surface area contributed by atoms with Gasteiger partial charge in [-0.15, -0.1) is 5.10 Å². The van der Waals surface area contributed by atoms with Crippen molar-refractivity contribution in [1.29, 1.82) is 0 Å². The Morgan fingerprint density at radius 2 is 1.82 bits per heavy atom. The molecule has 12 nitrogen and oxygen atoms in total. The van der Waals surface area contributed by atoms with Crippen molar-refractivity contribution >= 4 is 29.6 Å². The first-order valence-corrected chi connectivity index (χ1v) is 9.21. The Balaban J connectivity index is 0.000000383. The van der Waals surface area contributed by atoms with Crippen LogP contribution in [0.1, 0.15) is 39.3 Å². The van der Waals surface area contributed by atoms with E-state index in [2.05, 4.69) is 15.6 Å². The number of aliphatic carboxylic acids is 1. The average molecular weight is 468 g/mol. The van der Waals surface area contributed by atoms with Crippen LogP contribution in [0, 0.1) is 0 Å². The minimum Gasteiger partial charge on any atom is -0.475 e. The Morgan fingerprint density at radius 1 is 1.18 bits per heavy atom. The molecule has 0 radical (unpaired) electrons. The molecule has 0 spiro atoms. The number of benzene rings is 1. The van der Waals surface area contributed by atoms with Gasteiger partial charge in [-0.1, -0.05) is 5.21 Å². The lowest BCUT2D eigenvalue weighted by atomic mass is 10.0. The Bertz CT molecular complexity index is 1160. The van der Waals surface area contributed by atoms with Crippen LogP contribution >= 0.6 is 0 Å². The maximum Gasteiger partial charge on any atom is 0.490 e. The second-order valence-electron chi connectivity index (χ2n) is 6.84. The number of carbonyl (C=O) groups excluding carboxylic acids is 4. The van der Waals surface area contributed by atoms with Crippen LogP contribution in [0.3, 0.4) is 0 Å². The van der Waals surface area contributed by atoms with Crippen molar-refractivity contribution in [3.8, 4) is 5.69 Å². The van der Waals surface area contributed by atoms with E-state index in [-0.39, 0.29) is 30.5 Å². The highest BCUT2D eigenvalue weighted by atomic mass is 19.4. The van der Waals surface area contributed by atoms with E-state index in [9.17, 15) is 32.3 Å². The van der Waals surface area contributed by atoms with Gasteiger partial charge in [0.15, 0.2) is 0 Å². The van der Waals surface area contributed by atoms with Crippen LogP contribution in [0.4, 0.5) is 13.2 Å². The van der Waals surface area contributed by atoms with Crippen molar-refractivity contribution in [1.82, 2.24) is 25.2 Å².